The molecule has 2 unspecified atom stereocenters. The Morgan fingerprint density at radius 2 is 1.80 bits per heavy atom. The fourth-order valence-corrected chi connectivity index (χ4v) is 3.99. The molecule has 1 amide bonds. The first kappa shape index (κ1) is 18.4. The Hall–Kier alpha value is -1.43. The Morgan fingerprint density at radius 1 is 1.20 bits per heavy atom. The molecule has 1 aromatic carbocycles. The number of rotatable bonds is 5. The van der Waals surface area contributed by atoms with Crippen molar-refractivity contribution < 1.29 is 14.6 Å². The fraction of sp³-hybridized carbons (Fsp3) is 0.650. The van der Waals surface area contributed by atoms with Gasteiger partial charge in [0.25, 0.3) is 5.91 Å². The van der Waals surface area contributed by atoms with Crippen LogP contribution in [0.3, 0.4) is 0 Å². The number of aliphatic hydroxyl groups is 1. The van der Waals surface area contributed by atoms with Gasteiger partial charge in [0.15, 0.2) is 0 Å². The highest BCUT2D eigenvalue weighted by atomic mass is 16.5. The summed E-state index contributed by atoms with van der Waals surface area (Å²) in [5.74, 6) is -0.111. The Labute approximate surface area is 150 Å². The van der Waals surface area contributed by atoms with E-state index in [2.05, 4.69) is 24.1 Å². The SMILES string of the molecule is CC1CN(Cc2ccc(C(=O)NCC3(O)CCCC3)cc2)CC(C)O1. The zero-order valence-corrected chi connectivity index (χ0v) is 15.3. The molecule has 1 saturated carbocycles. The summed E-state index contributed by atoms with van der Waals surface area (Å²) in [4.78, 5) is 14.7. The van der Waals surface area contributed by atoms with Gasteiger partial charge >= 0.3 is 0 Å². The lowest BCUT2D eigenvalue weighted by molar-refractivity contribution is -0.0704. The Bertz CT molecular complexity index is 571. The standard InChI is InChI=1S/C20H30N2O3/c1-15-11-22(12-16(2)25-15)13-17-5-7-18(8-6-17)19(23)21-14-20(24)9-3-4-10-20/h5-8,15-16,24H,3-4,9-14H2,1-2H3,(H,21,23). The molecule has 1 saturated heterocycles. The molecule has 2 fully saturated rings. The number of carbonyl (C=O) groups is 1. The molecule has 1 aromatic rings. The average Bonchev–Trinajstić information content (AvgIpc) is 2.99. The van der Waals surface area contributed by atoms with Crippen molar-refractivity contribution in [2.45, 2.75) is 63.9 Å². The summed E-state index contributed by atoms with van der Waals surface area (Å²) in [5.41, 5.74) is 1.14. The molecule has 1 heterocycles. The number of ether oxygens (including phenoxy) is 1. The van der Waals surface area contributed by atoms with Crippen molar-refractivity contribution in [3.63, 3.8) is 0 Å². The van der Waals surface area contributed by atoms with Crippen LogP contribution in [0.2, 0.25) is 0 Å². The van der Waals surface area contributed by atoms with Crippen LogP contribution in [0.25, 0.3) is 0 Å². The Balaban J connectivity index is 1.52. The maximum absolute atomic E-state index is 12.3. The van der Waals surface area contributed by atoms with Crippen LogP contribution < -0.4 is 5.32 Å². The highest BCUT2D eigenvalue weighted by Crippen LogP contribution is 2.28. The van der Waals surface area contributed by atoms with Crippen LogP contribution in [0, 0.1) is 0 Å². The van der Waals surface area contributed by atoms with E-state index in [1.807, 2.05) is 24.3 Å². The quantitative estimate of drug-likeness (QED) is 0.859. The largest absolute Gasteiger partial charge is 0.388 e. The number of amides is 1. The molecule has 25 heavy (non-hydrogen) atoms. The van der Waals surface area contributed by atoms with Gasteiger partial charge in [-0.2, -0.15) is 0 Å². The predicted octanol–water partition coefficient (Wildman–Crippen LogP) is 2.33. The van der Waals surface area contributed by atoms with Crippen LogP contribution in [-0.4, -0.2) is 53.4 Å². The van der Waals surface area contributed by atoms with Gasteiger partial charge in [0.05, 0.1) is 17.8 Å². The number of nitrogens with one attached hydrogen (secondary N) is 1. The second-order valence-corrected chi connectivity index (χ2v) is 7.76. The monoisotopic (exact) mass is 346 g/mol. The van der Waals surface area contributed by atoms with E-state index in [9.17, 15) is 9.90 Å². The molecule has 2 atom stereocenters. The average molecular weight is 346 g/mol. The van der Waals surface area contributed by atoms with Gasteiger partial charge in [-0.3, -0.25) is 9.69 Å². The van der Waals surface area contributed by atoms with Crippen molar-refractivity contribution in [2.24, 2.45) is 0 Å². The van der Waals surface area contributed by atoms with Crippen LogP contribution in [0.4, 0.5) is 0 Å². The zero-order chi connectivity index (χ0) is 17.9. The molecule has 0 bridgehead atoms. The normalized spacial score (nSPS) is 26.5. The van der Waals surface area contributed by atoms with E-state index in [-0.39, 0.29) is 18.1 Å². The molecule has 3 rings (SSSR count). The number of nitrogens with zero attached hydrogens (tertiary/aromatic N) is 1. The third-order valence-corrected chi connectivity index (χ3v) is 5.23. The van der Waals surface area contributed by atoms with E-state index < -0.39 is 5.60 Å². The summed E-state index contributed by atoms with van der Waals surface area (Å²) in [6, 6.07) is 7.78. The van der Waals surface area contributed by atoms with Crippen molar-refractivity contribution in [1.29, 1.82) is 0 Å². The highest BCUT2D eigenvalue weighted by molar-refractivity contribution is 5.94. The van der Waals surface area contributed by atoms with E-state index in [1.54, 1.807) is 0 Å². The van der Waals surface area contributed by atoms with Gasteiger partial charge in [-0.25, -0.2) is 0 Å². The van der Waals surface area contributed by atoms with Gasteiger partial charge in [-0.1, -0.05) is 25.0 Å². The number of hydrogen-bond donors (Lipinski definition) is 2. The number of hydrogen-bond acceptors (Lipinski definition) is 4. The molecule has 2 aliphatic rings. The smallest absolute Gasteiger partial charge is 0.251 e. The number of benzene rings is 1. The molecule has 0 aromatic heterocycles. The molecular weight excluding hydrogens is 316 g/mol. The predicted molar refractivity (Wildman–Crippen MR) is 97.5 cm³/mol. The van der Waals surface area contributed by atoms with Gasteiger partial charge in [0.1, 0.15) is 0 Å². The van der Waals surface area contributed by atoms with Crippen LogP contribution in [-0.2, 0) is 11.3 Å². The van der Waals surface area contributed by atoms with Crippen LogP contribution in [0.1, 0.15) is 55.5 Å². The third-order valence-electron chi connectivity index (χ3n) is 5.23. The summed E-state index contributed by atoms with van der Waals surface area (Å²) < 4.78 is 5.77. The van der Waals surface area contributed by atoms with E-state index in [1.165, 1.54) is 5.56 Å². The maximum Gasteiger partial charge on any atom is 0.251 e. The summed E-state index contributed by atoms with van der Waals surface area (Å²) >= 11 is 0. The minimum absolute atomic E-state index is 0.111. The molecule has 5 heteroatoms. The number of carbonyl (C=O) groups excluding carboxylic acids is 1. The van der Waals surface area contributed by atoms with Crippen LogP contribution >= 0.6 is 0 Å². The summed E-state index contributed by atoms with van der Waals surface area (Å²) in [6.07, 6.45) is 4.16. The van der Waals surface area contributed by atoms with E-state index in [0.29, 0.717) is 12.1 Å². The zero-order valence-electron chi connectivity index (χ0n) is 15.3. The lowest BCUT2D eigenvalue weighted by atomic mass is 10.0. The van der Waals surface area contributed by atoms with E-state index >= 15 is 0 Å². The summed E-state index contributed by atoms with van der Waals surface area (Å²) in [5, 5.41) is 13.2. The topological polar surface area (TPSA) is 61.8 Å². The molecule has 0 radical (unpaired) electrons. The first-order valence-corrected chi connectivity index (χ1v) is 9.41. The van der Waals surface area contributed by atoms with Crippen molar-refractivity contribution in [3.8, 4) is 0 Å². The van der Waals surface area contributed by atoms with Gasteiger partial charge in [-0.05, 0) is 44.4 Å². The first-order chi connectivity index (χ1) is 11.9. The first-order valence-electron chi connectivity index (χ1n) is 9.41. The maximum atomic E-state index is 12.3. The van der Waals surface area contributed by atoms with Gasteiger partial charge < -0.3 is 15.2 Å². The minimum Gasteiger partial charge on any atom is -0.388 e. The van der Waals surface area contributed by atoms with Gasteiger partial charge in [0.2, 0.25) is 0 Å². The molecule has 1 aliphatic carbocycles. The molecule has 1 aliphatic heterocycles. The Morgan fingerprint density at radius 3 is 2.40 bits per heavy atom. The van der Waals surface area contributed by atoms with Crippen molar-refractivity contribution >= 4 is 5.91 Å². The molecule has 5 nitrogen and oxygen atoms in total. The third kappa shape index (κ3) is 5.03. The van der Waals surface area contributed by atoms with E-state index in [4.69, 9.17) is 4.74 Å². The number of morpholine rings is 1. The Kier molecular flexibility index (Phi) is 5.77. The highest BCUT2D eigenvalue weighted by Gasteiger charge is 2.31. The second-order valence-electron chi connectivity index (χ2n) is 7.76. The minimum atomic E-state index is -0.709. The summed E-state index contributed by atoms with van der Waals surface area (Å²) in [6.45, 7) is 7.30. The van der Waals surface area contributed by atoms with Gasteiger partial charge in [0, 0.05) is 31.7 Å². The van der Waals surface area contributed by atoms with Crippen molar-refractivity contribution in [3.05, 3.63) is 35.4 Å². The van der Waals surface area contributed by atoms with Crippen LogP contribution in [0.5, 0.6) is 0 Å². The molecule has 0 spiro atoms. The lowest BCUT2D eigenvalue weighted by Gasteiger charge is -2.35. The molecule has 138 valence electrons. The summed E-state index contributed by atoms with van der Waals surface area (Å²) in [7, 11) is 0. The lowest BCUT2D eigenvalue weighted by Crippen LogP contribution is -2.44. The molecular formula is C20H30N2O3. The van der Waals surface area contributed by atoms with Gasteiger partial charge in [-0.15, -0.1) is 0 Å². The van der Waals surface area contributed by atoms with E-state index in [0.717, 1.165) is 45.3 Å². The van der Waals surface area contributed by atoms with Crippen molar-refractivity contribution in [2.75, 3.05) is 19.6 Å². The van der Waals surface area contributed by atoms with Crippen LogP contribution in [0.15, 0.2) is 24.3 Å². The fourth-order valence-electron chi connectivity index (χ4n) is 3.99. The molecule has 2 N–H and O–H groups in total. The second kappa shape index (κ2) is 7.85. The van der Waals surface area contributed by atoms with Crippen molar-refractivity contribution in [1.82, 2.24) is 10.2 Å².